The second-order valence-corrected chi connectivity index (χ2v) is 6.94. The Morgan fingerprint density at radius 2 is 1.85 bits per heavy atom. The molecule has 10 heteroatoms. The summed E-state index contributed by atoms with van der Waals surface area (Å²) in [4.78, 5) is 22.8. The molecule has 0 unspecified atom stereocenters. The number of amides is 1. The molecule has 0 saturated carbocycles. The van der Waals surface area contributed by atoms with Gasteiger partial charge in [0.05, 0.1) is 11.3 Å². The number of carboxylic acid groups (broad SMARTS) is 1. The van der Waals surface area contributed by atoms with E-state index in [1.54, 1.807) is 37.3 Å². The molecular weight excluding hydrogens is 383 g/mol. The summed E-state index contributed by atoms with van der Waals surface area (Å²) < 4.78 is 29.6. The molecule has 8 nitrogen and oxygen atoms in total. The number of anilines is 1. The summed E-state index contributed by atoms with van der Waals surface area (Å²) in [5.74, 6) is -1.72. The van der Waals surface area contributed by atoms with Gasteiger partial charge in [-0.1, -0.05) is 25.1 Å². The number of aromatic carboxylic acids is 1. The average molecular weight is 402 g/mol. The van der Waals surface area contributed by atoms with Crippen LogP contribution in [-0.4, -0.2) is 25.4 Å². The molecule has 2 aromatic carbocycles. The zero-order valence-corrected chi connectivity index (χ0v) is 17.7. The maximum atomic E-state index is 12.0. The van der Waals surface area contributed by atoms with Crippen LogP contribution in [0.3, 0.4) is 0 Å². The van der Waals surface area contributed by atoms with E-state index in [0.717, 1.165) is 12.1 Å². The van der Waals surface area contributed by atoms with E-state index in [1.807, 2.05) is 0 Å². The molecule has 140 valence electrons. The van der Waals surface area contributed by atoms with Crippen LogP contribution in [0.15, 0.2) is 47.4 Å². The van der Waals surface area contributed by atoms with Crippen molar-refractivity contribution in [3.63, 3.8) is 0 Å². The van der Waals surface area contributed by atoms with Gasteiger partial charge >= 0.3 is 35.5 Å². The first-order valence-corrected chi connectivity index (χ1v) is 9.24. The zero-order valence-electron chi connectivity index (χ0n) is 15.9. The molecule has 2 rings (SSSR count). The van der Waals surface area contributed by atoms with Crippen molar-refractivity contribution >= 4 is 27.6 Å². The van der Waals surface area contributed by atoms with Gasteiger partial charge in [0.25, 0.3) is 0 Å². The predicted octanol–water partition coefficient (Wildman–Crippen LogP) is -0.320. The smallest absolute Gasteiger partial charge is 1.00 e. The van der Waals surface area contributed by atoms with Crippen LogP contribution in [0.2, 0.25) is 0 Å². The second kappa shape index (κ2) is 9.86. The van der Waals surface area contributed by atoms with E-state index < -0.39 is 26.8 Å². The summed E-state index contributed by atoms with van der Waals surface area (Å²) in [6.45, 7) is 1.80. The van der Waals surface area contributed by atoms with E-state index >= 15 is 0 Å². The minimum Gasteiger partial charge on any atom is -1.00 e. The van der Waals surface area contributed by atoms with Crippen LogP contribution in [0, 0.1) is 0 Å². The Hall–Kier alpha value is -1.91. The largest absolute Gasteiger partial charge is 1.00 e. The molecule has 0 fully saturated rings. The Morgan fingerprint density at radius 3 is 2.37 bits per heavy atom. The Morgan fingerprint density at radius 1 is 1.22 bits per heavy atom. The van der Waals surface area contributed by atoms with Gasteiger partial charge < -0.3 is 16.6 Å². The minimum absolute atomic E-state index is 0. The van der Waals surface area contributed by atoms with Crippen LogP contribution < -0.4 is 44.7 Å². The zero-order chi connectivity index (χ0) is 19.3. The summed E-state index contributed by atoms with van der Waals surface area (Å²) in [7, 11) is -4.32. The van der Waals surface area contributed by atoms with Crippen LogP contribution in [0.25, 0.3) is 0 Å². The summed E-state index contributed by atoms with van der Waals surface area (Å²) >= 11 is 0. The number of carbonyl (C=O) groups excluding carboxylic acids is 1. The number of hydrogen-bond acceptors (Lipinski definition) is 5. The van der Waals surface area contributed by atoms with Crippen LogP contribution in [0.4, 0.5) is 5.69 Å². The Bertz CT molecular complexity index is 938. The number of sulfonamides is 1. The van der Waals surface area contributed by atoms with E-state index in [-0.39, 0.29) is 54.4 Å². The third kappa shape index (κ3) is 6.33. The molecule has 0 saturated heterocycles. The summed E-state index contributed by atoms with van der Waals surface area (Å²) in [5.41, 5.74) is -0.433. The van der Waals surface area contributed by atoms with Crippen molar-refractivity contribution in [2.24, 2.45) is 5.14 Å². The van der Waals surface area contributed by atoms with Crippen molar-refractivity contribution in [2.75, 3.05) is 5.32 Å². The van der Waals surface area contributed by atoms with Gasteiger partial charge in [-0.2, -0.15) is 0 Å². The van der Waals surface area contributed by atoms with Gasteiger partial charge in [0.15, 0.2) is 5.75 Å². The molecule has 2 aromatic rings. The fourth-order valence-corrected chi connectivity index (χ4v) is 2.88. The molecule has 0 aliphatic carbocycles. The van der Waals surface area contributed by atoms with Crippen LogP contribution >= 0.6 is 0 Å². The van der Waals surface area contributed by atoms with Crippen LogP contribution in [-0.2, 0) is 14.8 Å². The van der Waals surface area contributed by atoms with Gasteiger partial charge in [-0.3, -0.25) is 4.79 Å². The normalized spacial score (nSPS) is 10.6. The van der Waals surface area contributed by atoms with E-state index in [2.05, 4.69) is 5.32 Å². The molecule has 1 amide bonds. The quantitative estimate of drug-likeness (QED) is 0.543. The van der Waals surface area contributed by atoms with Crippen molar-refractivity contribution in [2.45, 2.75) is 24.7 Å². The first-order valence-electron chi connectivity index (χ1n) is 7.69. The van der Waals surface area contributed by atoms with E-state index in [1.165, 1.54) is 0 Å². The summed E-state index contributed by atoms with van der Waals surface area (Å²) in [6.07, 6.45) is 0.730. The third-order valence-corrected chi connectivity index (χ3v) is 4.24. The molecular formula is C17H19N2NaO6S. The summed E-state index contributed by atoms with van der Waals surface area (Å²) in [5, 5.41) is 16.9. The van der Waals surface area contributed by atoms with Crippen molar-refractivity contribution in [3.05, 3.63) is 48.0 Å². The molecule has 0 atom stereocenters. The standard InChI is InChI=1S/C17H18N2O6S.Na.H/c1-2-6-15(20)19-13-9-11(17(21)22)10-14(26(18,23)24)16(13)25-12-7-4-3-5-8-12;;/h3-5,7-10H,2,6H2,1H3,(H,19,20)(H,21,22)(H2,18,23,24);;/q;+1;-1. The van der Waals surface area contributed by atoms with Gasteiger partial charge in [0, 0.05) is 6.42 Å². The monoisotopic (exact) mass is 402 g/mol. The number of benzene rings is 2. The van der Waals surface area contributed by atoms with Gasteiger partial charge in [-0.05, 0) is 30.7 Å². The number of primary sulfonamides is 1. The molecule has 27 heavy (non-hydrogen) atoms. The summed E-state index contributed by atoms with van der Waals surface area (Å²) in [6, 6.07) is 10.3. The molecule has 0 bridgehead atoms. The third-order valence-electron chi connectivity index (χ3n) is 3.32. The first kappa shape index (κ1) is 23.1. The van der Waals surface area contributed by atoms with Gasteiger partial charge in [0.2, 0.25) is 15.9 Å². The number of carbonyl (C=O) groups is 2. The number of ether oxygens (including phenoxy) is 1. The first-order chi connectivity index (χ1) is 12.2. The Kier molecular flexibility index (Phi) is 8.45. The van der Waals surface area contributed by atoms with E-state index in [9.17, 15) is 23.1 Å². The van der Waals surface area contributed by atoms with Crippen molar-refractivity contribution < 1.29 is 58.8 Å². The SMILES string of the molecule is CCCC(=O)Nc1cc(C(=O)O)cc(S(N)(=O)=O)c1Oc1ccccc1.[H-].[Na+]. The molecule has 0 aromatic heterocycles. The van der Waals surface area contributed by atoms with Crippen molar-refractivity contribution in [1.82, 2.24) is 0 Å². The maximum Gasteiger partial charge on any atom is 1.00 e. The van der Waals surface area contributed by atoms with Gasteiger partial charge in [0.1, 0.15) is 10.6 Å². The molecule has 4 N–H and O–H groups in total. The van der Waals surface area contributed by atoms with Crippen molar-refractivity contribution in [3.8, 4) is 11.5 Å². The van der Waals surface area contributed by atoms with E-state index in [0.29, 0.717) is 12.2 Å². The number of nitrogens with two attached hydrogens (primary N) is 1. The number of rotatable bonds is 7. The van der Waals surface area contributed by atoms with Crippen LogP contribution in [0.1, 0.15) is 31.6 Å². The number of carboxylic acids is 1. The average Bonchev–Trinajstić information content (AvgIpc) is 2.56. The number of para-hydroxylation sites is 1. The fourth-order valence-electron chi connectivity index (χ4n) is 2.18. The topological polar surface area (TPSA) is 136 Å². The van der Waals surface area contributed by atoms with Gasteiger partial charge in [-0.15, -0.1) is 0 Å². The minimum atomic E-state index is -4.32. The maximum absolute atomic E-state index is 12.0. The molecule has 0 aliphatic rings. The second-order valence-electron chi connectivity index (χ2n) is 5.41. The molecule has 0 spiro atoms. The van der Waals surface area contributed by atoms with Crippen LogP contribution in [0.5, 0.6) is 11.5 Å². The van der Waals surface area contributed by atoms with E-state index in [4.69, 9.17) is 9.88 Å². The predicted molar refractivity (Wildman–Crippen MR) is 95.9 cm³/mol. The molecule has 0 heterocycles. The Labute approximate surface area is 180 Å². The Balaban J connectivity index is 0.00000364. The molecule has 0 radical (unpaired) electrons. The molecule has 0 aliphatic heterocycles. The van der Waals surface area contributed by atoms with Gasteiger partial charge in [-0.25, -0.2) is 18.4 Å². The fraction of sp³-hybridized carbons (Fsp3) is 0.176. The number of hydrogen-bond donors (Lipinski definition) is 3. The number of nitrogens with one attached hydrogen (secondary N) is 1. The van der Waals surface area contributed by atoms with Crippen molar-refractivity contribution in [1.29, 1.82) is 0 Å².